The van der Waals surface area contributed by atoms with Crippen LogP contribution < -0.4 is 11.1 Å². The first kappa shape index (κ1) is 10.6. The van der Waals surface area contributed by atoms with Gasteiger partial charge in [-0.05, 0) is 38.2 Å². The molecular formula is C10H15N3O. The highest BCUT2D eigenvalue weighted by molar-refractivity contribution is 5.74. The molecule has 0 aromatic rings. The number of primary amides is 1. The van der Waals surface area contributed by atoms with Gasteiger partial charge in [-0.3, -0.25) is 0 Å². The number of allylic oxidation sites excluding steroid dienone is 1. The molecule has 4 nitrogen and oxygen atoms in total. The molecule has 0 radical (unpaired) electrons. The monoisotopic (exact) mass is 193 g/mol. The summed E-state index contributed by atoms with van der Waals surface area (Å²) in [6.07, 6.45) is 6.10. The van der Waals surface area contributed by atoms with Gasteiger partial charge in [0.25, 0.3) is 0 Å². The van der Waals surface area contributed by atoms with Gasteiger partial charge in [-0.25, -0.2) is 4.79 Å². The van der Waals surface area contributed by atoms with Crippen LogP contribution in [0.3, 0.4) is 0 Å². The number of rotatable bonds is 2. The second kappa shape index (κ2) is 4.14. The fourth-order valence-corrected chi connectivity index (χ4v) is 1.72. The third-order valence-electron chi connectivity index (χ3n) is 2.53. The lowest BCUT2D eigenvalue weighted by Gasteiger charge is -2.27. The van der Waals surface area contributed by atoms with Crippen molar-refractivity contribution in [1.29, 1.82) is 5.26 Å². The minimum atomic E-state index is -0.924. The minimum absolute atomic E-state index is 0.652. The van der Waals surface area contributed by atoms with Crippen molar-refractivity contribution < 1.29 is 4.79 Å². The molecule has 1 aliphatic carbocycles. The Kier molecular flexibility index (Phi) is 3.13. The van der Waals surface area contributed by atoms with E-state index < -0.39 is 11.6 Å². The van der Waals surface area contributed by atoms with Crippen molar-refractivity contribution in [2.24, 2.45) is 5.73 Å². The third kappa shape index (κ3) is 2.25. The van der Waals surface area contributed by atoms with Crippen LogP contribution in [-0.4, -0.2) is 11.6 Å². The lowest BCUT2D eigenvalue weighted by atomic mass is 9.85. The Balaban J connectivity index is 2.83. The zero-order valence-corrected chi connectivity index (χ0v) is 8.34. The Bertz CT molecular complexity index is 303. The van der Waals surface area contributed by atoms with Crippen molar-refractivity contribution >= 4 is 6.03 Å². The van der Waals surface area contributed by atoms with E-state index in [9.17, 15) is 4.79 Å². The van der Waals surface area contributed by atoms with E-state index in [1.165, 1.54) is 0 Å². The van der Waals surface area contributed by atoms with Gasteiger partial charge in [-0.1, -0.05) is 6.08 Å². The van der Waals surface area contributed by atoms with Gasteiger partial charge in [0.05, 0.1) is 6.07 Å². The maximum atomic E-state index is 10.7. The number of nitriles is 1. The van der Waals surface area contributed by atoms with E-state index in [1.54, 1.807) is 6.92 Å². The maximum Gasteiger partial charge on any atom is 0.313 e. The van der Waals surface area contributed by atoms with Crippen LogP contribution in [0.15, 0.2) is 11.6 Å². The molecule has 1 aliphatic rings. The number of nitrogens with two attached hydrogens (primary N) is 1. The molecule has 3 N–H and O–H groups in total. The molecule has 14 heavy (non-hydrogen) atoms. The summed E-state index contributed by atoms with van der Waals surface area (Å²) < 4.78 is 0. The van der Waals surface area contributed by atoms with Crippen molar-refractivity contribution in [3.05, 3.63) is 11.6 Å². The zero-order valence-electron chi connectivity index (χ0n) is 8.34. The van der Waals surface area contributed by atoms with Gasteiger partial charge >= 0.3 is 6.03 Å². The van der Waals surface area contributed by atoms with Gasteiger partial charge in [0.1, 0.15) is 5.54 Å². The number of amides is 2. The molecule has 0 saturated heterocycles. The molecule has 0 fully saturated rings. The Morgan fingerprint density at radius 3 is 2.86 bits per heavy atom. The lowest BCUT2D eigenvalue weighted by Crippen LogP contribution is -2.49. The summed E-state index contributed by atoms with van der Waals surface area (Å²) in [6.45, 7) is 1.69. The first-order chi connectivity index (χ1) is 6.58. The van der Waals surface area contributed by atoms with Gasteiger partial charge in [0.2, 0.25) is 0 Å². The molecule has 1 unspecified atom stereocenters. The van der Waals surface area contributed by atoms with Crippen molar-refractivity contribution in [3.63, 3.8) is 0 Å². The molecule has 4 heteroatoms. The van der Waals surface area contributed by atoms with E-state index in [0.717, 1.165) is 31.3 Å². The number of hydrogen-bond donors (Lipinski definition) is 2. The molecule has 0 aromatic carbocycles. The Labute approximate surface area is 83.8 Å². The van der Waals surface area contributed by atoms with Gasteiger partial charge < -0.3 is 11.1 Å². The molecular weight excluding hydrogens is 178 g/mol. The van der Waals surface area contributed by atoms with Gasteiger partial charge in [-0.15, -0.1) is 0 Å². The zero-order chi connectivity index (χ0) is 10.6. The fraction of sp³-hybridized carbons (Fsp3) is 0.600. The molecule has 0 aliphatic heterocycles. The number of carbonyl (C=O) groups is 1. The average molecular weight is 193 g/mol. The van der Waals surface area contributed by atoms with Crippen molar-refractivity contribution in [1.82, 2.24) is 5.32 Å². The molecule has 2 amide bonds. The Morgan fingerprint density at radius 2 is 2.43 bits per heavy atom. The molecule has 0 saturated carbocycles. The third-order valence-corrected chi connectivity index (χ3v) is 2.53. The molecule has 0 bridgehead atoms. The first-order valence-electron chi connectivity index (χ1n) is 4.77. The SMILES string of the molecule is CC(C#N)(NC(N)=O)C1=CCCCC1. The van der Waals surface area contributed by atoms with Crippen LogP contribution in [0.5, 0.6) is 0 Å². The fourth-order valence-electron chi connectivity index (χ4n) is 1.72. The van der Waals surface area contributed by atoms with Crippen LogP contribution >= 0.6 is 0 Å². The maximum absolute atomic E-state index is 10.7. The summed E-state index contributed by atoms with van der Waals surface area (Å²) in [6, 6.07) is 1.45. The van der Waals surface area contributed by atoms with Crippen molar-refractivity contribution in [2.75, 3.05) is 0 Å². The quantitative estimate of drug-likeness (QED) is 0.651. The van der Waals surface area contributed by atoms with Crippen LogP contribution in [0.1, 0.15) is 32.6 Å². The normalized spacial score (nSPS) is 20.1. The van der Waals surface area contributed by atoms with E-state index in [0.29, 0.717) is 0 Å². The van der Waals surface area contributed by atoms with Gasteiger partial charge in [0, 0.05) is 0 Å². The molecule has 0 heterocycles. The largest absolute Gasteiger partial charge is 0.352 e. The Hall–Kier alpha value is -1.50. The molecule has 1 rings (SSSR count). The van der Waals surface area contributed by atoms with Crippen LogP contribution in [0, 0.1) is 11.3 Å². The highest BCUT2D eigenvalue weighted by Crippen LogP contribution is 2.26. The molecule has 1 atom stereocenters. The molecule has 0 spiro atoms. The van der Waals surface area contributed by atoms with Crippen LogP contribution in [0.2, 0.25) is 0 Å². The minimum Gasteiger partial charge on any atom is -0.352 e. The highest BCUT2D eigenvalue weighted by atomic mass is 16.2. The lowest BCUT2D eigenvalue weighted by molar-refractivity contribution is 0.244. The summed E-state index contributed by atoms with van der Waals surface area (Å²) in [7, 11) is 0. The van der Waals surface area contributed by atoms with Crippen molar-refractivity contribution in [3.8, 4) is 6.07 Å². The van der Waals surface area contributed by atoms with Crippen molar-refractivity contribution in [2.45, 2.75) is 38.1 Å². The van der Waals surface area contributed by atoms with E-state index in [4.69, 9.17) is 11.0 Å². The summed E-state index contributed by atoms with van der Waals surface area (Å²) in [4.78, 5) is 10.7. The van der Waals surface area contributed by atoms with Gasteiger partial charge in [0.15, 0.2) is 0 Å². The Morgan fingerprint density at radius 1 is 1.71 bits per heavy atom. The highest BCUT2D eigenvalue weighted by Gasteiger charge is 2.30. The summed E-state index contributed by atoms with van der Waals surface area (Å²) in [5.74, 6) is 0. The molecule has 0 aromatic heterocycles. The average Bonchev–Trinajstić information content (AvgIpc) is 2.18. The number of hydrogen-bond acceptors (Lipinski definition) is 2. The van der Waals surface area contributed by atoms with E-state index in [2.05, 4.69) is 11.4 Å². The van der Waals surface area contributed by atoms with Crippen LogP contribution in [0.4, 0.5) is 4.79 Å². The number of nitrogens with one attached hydrogen (secondary N) is 1. The topological polar surface area (TPSA) is 78.9 Å². The van der Waals surface area contributed by atoms with E-state index in [1.807, 2.05) is 6.08 Å². The predicted molar refractivity (Wildman–Crippen MR) is 53.3 cm³/mol. The number of urea groups is 1. The first-order valence-corrected chi connectivity index (χ1v) is 4.77. The second-order valence-electron chi connectivity index (χ2n) is 3.70. The summed E-state index contributed by atoms with van der Waals surface area (Å²) in [5.41, 5.74) is 5.08. The molecule has 76 valence electrons. The summed E-state index contributed by atoms with van der Waals surface area (Å²) >= 11 is 0. The van der Waals surface area contributed by atoms with Crippen LogP contribution in [0.25, 0.3) is 0 Å². The predicted octanol–water partition coefficient (Wildman–Crippen LogP) is 1.44. The second-order valence-corrected chi connectivity index (χ2v) is 3.70. The van der Waals surface area contributed by atoms with Gasteiger partial charge in [-0.2, -0.15) is 5.26 Å². The number of carbonyl (C=O) groups excluding carboxylic acids is 1. The van der Waals surface area contributed by atoms with E-state index >= 15 is 0 Å². The standard InChI is InChI=1S/C10H15N3O/c1-10(7-11,13-9(12)14)8-5-3-2-4-6-8/h5H,2-4,6H2,1H3,(H3,12,13,14). The smallest absolute Gasteiger partial charge is 0.313 e. The van der Waals surface area contributed by atoms with E-state index in [-0.39, 0.29) is 0 Å². The van der Waals surface area contributed by atoms with Crippen LogP contribution in [-0.2, 0) is 0 Å². The number of nitrogens with zero attached hydrogens (tertiary/aromatic N) is 1. The summed E-state index contributed by atoms with van der Waals surface area (Å²) in [5, 5.41) is 11.5.